The Labute approximate surface area is 88.8 Å². The van der Waals surface area contributed by atoms with Crippen LogP contribution in [0.4, 0.5) is 0 Å². The minimum absolute atomic E-state index is 0.296. The topological polar surface area (TPSA) is 29.3 Å². The Kier molecular flexibility index (Phi) is 3.96. The van der Waals surface area contributed by atoms with Crippen molar-refractivity contribution in [3.8, 4) is 0 Å². The van der Waals surface area contributed by atoms with Gasteiger partial charge in [-0.15, -0.1) is 0 Å². The summed E-state index contributed by atoms with van der Waals surface area (Å²) >= 11 is 0. The molecule has 1 rings (SSSR count). The predicted octanol–water partition coefficient (Wildman–Crippen LogP) is 2.09. The first-order chi connectivity index (χ1) is 6.56. The molecule has 0 spiro atoms. The lowest BCUT2D eigenvalue weighted by atomic mass is 9.87. The molecule has 0 aromatic rings. The first-order valence-corrected chi connectivity index (χ1v) is 5.98. The second-order valence-electron chi connectivity index (χ2n) is 5.21. The molecule has 0 aromatic heterocycles. The van der Waals surface area contributed by atoms with E-state index in [2.05, 4.69) is 32.7 Å². The van der Waals surface area contributed by atoms with E-state index in [-0.39, 0.29) is 0 Å². The van der Waals surface area contributed by atoms with Crippen LogP contribution in [0.1, 0.15) is 40.0 Å². The van der Waals surface area contributed by atoms with Crippen molar-refractivity contribution in [2.24, 2.45) is 17.6 Å². The van der Waals surface area contributed by atoms with Crippen molar-refractivity contribution >= 4 is 0 Å². The van der Waals surface area contributed by atoms with Gasteiger partial charge in [0.25, 0.3) is 0 Å². The van der Waals surface area contributed by atoms with Gasteiger partial charge in [0.1, 0.15) is 0 Å². The molecule has 1 aliphatic carbocycles. The summed E-state index contributed by atoms with van der Waals surface area (Å²) in [4.78, 5) is 2.51. The van der Waals surface area contributed by atoms with Crippen LogP contribution in [0, 0.1) is 11.8 Å². The van der Waals surface area contributed by atoms with Crippen molar-refractivity contribution in [2.45, 2.75) is 45.6 Å². The predicted molar refractivity (Wildman–Crippen MR) is 62.3 cm³/mol. The van der Waals surface area contributed by atoms with Crippen molar-refractivity contribution in [2.75, 3.05) is 20.1 Å². The molecule has 1 aliphatic rings. The van der Waals surface area contributed by atoms with Crippen molar-refractivity contribution in [1.82, 2.24) is 4.90 Å². The van der Waals surface area contributed by atoms with Gasteiger partial charge in [-0.05, 0) is 38.1 Å². The molecule has 84 valence electrons. The highest BCUT2D eigenvalue weighted by molar-refractivity contribution is 5.01. The summed E-state index contributed by atoms with van der Waals surface area (Å²) in [6.45, 7) is 8.82. The van der Waals surface area contributed by atoms with Crippen LogP contribution in [0.15, 0.2) is 0 Å². The highest BCUT2D eigenvalue weighted by Gasteiger charge is 2.45. The Morgan fingerprint density at radius 2 is 2.00 bits per heavy atom. The van der Waals surface area contributed by atoms with Crippen LogP contribution >= 0.6 is 0 Å². The fraction of sp³-hybridized carbons (Fsp3) is 1.00. The van der Waals surface area contributed by atoms with Gasteiger partial charge in [0.2, 0.25) is 0 Å². The second kappa shape index (κ2) is 4.63. The summed E-state index contributed by atoms with van der Waals surface area (Å²) in [5.74, 6) is 1.59. The summed E-state index contributed by atoms with van der Waals surface area (Å²) in [6, 6.07) is 0. The Balaban J connectivity index is 2.64. The summed E-state index contributed by atoms with van der Waals surface area (Å²) in [5, 5.41) is 0. The first-order valence-electron chi connectivity index (χ1n) is 5.98. The molecule has 1 unspecified atom stereocenters. The van der Waals surface area contributed by atoms with Crippen LogP contribution in [-0.4, -0.2) is 30.6 Å². The maximum absolute atomic E-state index is 5.99. The summed E-state index contributed by atoms with van der Waals surface area (Å²) < 4.78 is 0. The van der Waals surface area contributed by atoms with E-state index in [1.54, 1.807) is 0 Å². The fourth-order valence-electron chi connectivity index (χ4n) is 2.69. The van der Waals surface area contributed by atoms with Crippen LogP contribution in [0.3, 0.4) is 0 Å². The SMILES string of the molecule is CCC(CN)(C1CC1)N(C)CC(C)C. The molecule has 1 atom stereocenters. The Morgan fingerprint density at radius 1 is 1.43 bits per heavy atom. The van der Waals surface area contributed by atoms with E-state index >= 15 is 0 Å². The molecule has 0 aliphatic heterocycles. The fourth-order valence-corrected chi connectivity index (χ4v) is 2.69. The van der Waals surface area contributed by atoms with Crippen LogP contribution in [0.5, 0.6) is 0 Å². The molecule has 14 heavy (non-hydrogen) atoms. The molecule has 0 bridgehead atoms. The lowest BCUT2D eigenvalue weighted by molar-refractivity contribution is 0.0845. The molecule has 2 N–H and O–H groups in total. The molecule has 0 radical (unpaired) electrons. The lowest BCUT2D eigenvalue weighted by Gasteiger charge is -2.42. The molecular formula is C12H26N2. The van der Waals surface area contributed by atoms with E-state index in [0.29, 0.717) is 5.54 Å². The Bertz CT molecular complexity index is 169. The molecule has 0 amide bonds. The van der Waals surface area contributed by atoms with Gasteiger partial charge in [0.05, 0.1) is 0 Å². The molecule has 1 saturated carbocycles. The van der Waals surface area contributed by atoms with Crippen LogP contribution in [0.2, 0.25) is 0 Å². The summed E-state index contributed by atoms with van der Waals surface area (Å²) in [5.41, 5.74) is 6.29. The Morgan fingerprint density at radius 3 is 2.29 bits per heavy atom. The molecular weight excluding hydrogens is 172 g/mol. The van der Waals surface area contributed by atoms with Crippen LogP contribution < -0.4 is 5.73 Å². The molecule has 0 aromatic carbocycles. The highest BCUT2D eigenvalue weighted by Crippen LogP contribution is 2.44. The largest absolute Gasteiger partial charge is 0.329 e. The summed E-state index contributed by atoms with van der Waals surface area (Å²) in [6.07, 6.45) is 3.96. The maximum Gasteiger partial charge on any atom is 0.0354 e. The van der Waals surface area contributed by atoms with Gasteiger partial charge in [-0.25, -0.2) is 0 Å². The van der Waals surface area contributed by atoms with Crippen molar-refractivity contribution < 1.29 is 0 Å². The van der Waals surface area contributed by atoms with Gasteiger partial charge >= 0.3 is 0 Å². The number of nitrogens with zero attached hydrogens (tertiary/aromatic N) is 1. The zero-order chi connectivity index (χ0) is 10.8. The van der Waals surface area contributed by atoms with E-state index in [9.17, 15) is 0 Å². The van der Waals surface area contributed by atoms with E-state index in [0.717, 1.165) is 18.4 Å². The van der Waals surface area contributed by atoms with Gasteiger partial charge in [0.15, 0.2) is 0 Å². The van der Waals surface area contributed by atoms with Gasteiger partial charge in [0, 0.05) is 18.6 Å². The van der Waals surface area contributed by atoms with Crippen molar-refractivity contribution in [1.29, 1.82) is 0 Å². The van der Waals surface area contributed by atoms with Crippen molar-refractivity contribution in [3.05, 3.63) is 0 Å². The lowest BCUT2D eigenvalue weighted by Crippen LogP contribution is -2.54. The minimum atomic E-state index is 0.296. The van der Waals surface area contributed by atoms with Gasteiger partial charge in [-0.1, -0.05) is 20.8 Å². The maximum atomic E-state index is 5.99. The summed E-state index contributed by atoms with van der Waals surface area (Å²) in [7, 11) is 2.24. The zero-order valence-corrected chi connectivity index (χ0v) is 10.2. The van der Waals surface area contributed by atoms with Crippen LogP contribution in [0.25, 0.3) is 0 Å². The Hall–Kier alpha value is -0.0800. The number of rotatable bonds is 6. The number of nitrogens with two attached hydrogens (primary N) is 1. The third-order valence-corrected chi connectivity index (χ3v) is 3.70. The smallest absolute Gasteiger partial charge is 0.0354 e. The standard InChI is InChI=1S/C12H26N2/c1-5-12(9-13,11-6-7-11)14(4)8-10(2)3/h10-11H,5-9,13H2,1-4H3. The van der Waals surface area contributed by atoms with Gasteiger partial charge < -0.3 is 5.73 Å². The van der Waals surface area contributed by atoms with Crippen LogP contribution in [-0.2, 0) is 0 Å². The van der Waals surface area contributed by atoms with E-state index in [1.165, 1.54) is 25.8 Å². The van der Waals surface area contributed by atoms with Crippen molar-refractivity contribution in [3.63, 3.8) is 0 Å². The zero-order valence-electron chi connectivity index (χ0n) is 10.2. The monoisotopic (exact) mass is 198 g/mol. The molecule has 0 heterocycles. The molecule has 2 heteroatoms. The number of hydrogen-bond donors (Lipinski definition) is 1. The minimum Gasteiger partial charge on any atom is -0.329 e. The van der Waals surface area contributed by atoms with E-state index in [1.807, 2.05) is 0 Å². The van der Waals surface area contributed by atoms with E-state index < -0.39 is 0 Å². The molecule has 2 nitrogen and oxygen atoms in total. The highest BCUT2D eigenvalue weighted by atomic mass is 15.2. The normalized spacial score (nSPS) is 21.6. The van der Waals surface area contributed by atoms with Gasteiger partial charge in [-0.3, -0.25) is 4.90 Å². The number of likely N-dealkylation sites (N-methyl/N-ethyl adjacent to an activating group) is 1. The van der Waals surface area contributed by atoms with Gasteiger partial charge in [-0.2, -0.15) is 0 Å². The quantitative estimate of drug-likeness (QED) is 0.708. The second-order valence-corrected chi connectivity index (χ2v) is 5.21. The average molecular weight is 198 g/mol. The first kappa shape index (κ1) is 12.0. The average Bonchev–Trinajstić information content (AvgIpc) is 2.90. The number of hydrogen-bond acceptors (Lipinski definition) is 2. The third kappa shape index (κ3) is 2.29. The molecule has 1 fully saturated rings. The molecule has 0 saturated heterocycles. The van der Waals surface area contributed by atoms with E-state index in [4.69, 9.17) is 5.73 Å². The third-order valence-electron chi connectivity index (χ3n) is 3.70.